The van der Waals surface area contributed by atoms with E-state index in [2.05, 4.69) is 31.2 Å². The van der Waals surface area contributed by atoms with Gasteiger partial charge in [0, 0.05) is 23.1 Å². The van der Waals surface area contributed by atoms with E-state index in [1.54, 1.807) is 22.7 Å². The van der Waals surface area contributed by atoms with E-state index in [0.29, 0.717) is 13.0 Å². The van der Waals surface area contributed by atoms with Crippen LogP contribution in [0.2, 0.25) is 0 Å². The Labute approximate surface area is 183 Å². The number of thiazole rings is 2. The number of H-pyrrole nitrogens is 1. The molecule has 0 aliphatic heterocycles. The first kappa shape index (κ1) is 20.6. The number of nitrogens with one attached hydrogen (secondary N) is 2. The average molecular weight is 441 g/mol. The van der Waals surface area contributed by atoms with Gasteiger partial charge in [-0.15, -0.1) is 22.7 Å². The van der Waals surface area contributed by atoms with Crippen LogP contribution in [-0.2, 0) is 11.3 Å². The number of benzene rings is 1. The van der Waals surface area contributed by atoms with Crippen molar-refractivity contribution in [3.8, 4) is 22.0 Å². The van der Waals surface area contributed by atoms with E-state index in [1.807, 2.05) is 44.0 Å². The molecule has 156 valence electrons. The molecule has 0 atom stereocenters. The van der Waals surface area contributed by atoms with Gasteiger partial charge in [-0.25, -0.2) is 15.0 Å². The number of hydrogen-bond donors (Lipinski definition) is 2. The maximum absolute atomic E-state index is 12.2. The monoisotopic (exact) mass is 440 g/mol. The molecule has 0 aliphatic rings. The van der Waals surface area contributed by atoms with Crippen LogP contribution in [0.1, 0.15) is 24.4 Å². The van der Waals surface area contributed by atoms with Crippen LogP contribution in [-0.4, -0.2) is 51.4 Å². The number of amides is 1. The number of aromatic amines is 1. The predicted molar refractivity (Wildman–Crippen MR) is 123 cm³/mol. The summed E-state index contributed by atoms with van der Waals surface area (Å²) >= 11 is 3.19. The summed E-state index contributed by atoms with van der Waals surface area (Å²) in [4.78, 5) is 31.4. The average Bonchev–Trinajstić information content (AvgIpc) is 3.44. The minimum Gasteiger partial charge on any atom is -0.349 e. The minimum absolute atomic E-state index is 0.0347. The summed E-state index contributed by atoms with van der Waals surface area (Å²) in [5.74, 6) is 0.755. The number of imidazole rings is 1. The fraction of sp³-hybridized carbons (Fsp3) is 0.333. The van der Waals surface area contributed by atoms with Crippen LogP contribution >= 0.6 is 22.7 Å². The highest BCUT2D eigenvalue weighted by Crippen LogP contribution is 2.34. The number of hydrogen-bond acceptors (Lipinski definition) is 7. The van der Waals surface area contributed by atoms with Gasteiger partial charge in [0.1, 0.15) is 16.5 Å². The van der Waals surface area contributed by atoms with E-state index in [4.69, 9.17) is 4.98 Å². The van der Waals surface area contributed by atoms with Crippen molar-refractivity contribution in [1.29, 1.82) is 0 Å². The van der Waals surface area contributed by atoms with E-state index in [1.165, 1.54) is 0 Å². The van der Waals surface area contributed by atoms with E-state index in [-0.39, 0.29) is 5.91 Å². The summed E-state index contributed by atoms with van der Waals surface area (Å²) in [6, 6.07) is 6.15. The molecule has 0 saturated heterocycles. The van der Waals surface area contributed by atoms with Gasteiger partial charge < -0.3 is 15.2 Å². The van der Waals surface area contributed by atoms with E-state index < -0.39 is 0 Å². The second kappa shape index (κ2) is 9.03. The lowest BCUT2D eigenvalue weighted by Crippen LogP contribution is -2.24. The molecule has 0 fully saturated rings. The highest BCUT2D eigenvalue weighted by molar-refractivity contribution is 7.16. The number of nitrogens with zero attached hydrogens (tertiary/aromatic N) is 4. The quantitative estimate of drug-likeness (QED) is 0.431. The van der Waals surface area contributed by atoms with Gasteiger partial charge in [0.25, 0.3) is 0 Å². The lowest BCUT2D eigenvalue weighted by atomic mass is 10.1. The molecule has 9 heteroatoms. The Bertz CT molecular complexity index is 1160. The van der Waals surface area contributed by atoms with Crippen molar-refractivity contribution in [3.63, 3.8) is 0 Å². The van der Waals surface area contributed by atoms with Gasteiger partial charge in [-0.2, -0.15) is 0 Å². The standard InChI is InChI=1S/C21H24N6OS2/c1-13-11-29-21(24-13)20-19(14-6-7-15-16(9-14)30-12-23-15)25-17(26-20)10-22-18(28)5-4-8-27(2)3/h6-7,9,11-12H,4-5,8,10H2,1-3H3,(H,22,28)(H,25,26). The molecule has 0 bridgehead atoms. The van der Waals surface area contributed by atoms with Crippen molar-refractivity contribution in [1.82, 2.24) is 30.2 Å². The van der Waals surface area contributed by atoms with Gasteiger partial charge in [0.05, 0.1) is 28.0 Å². The van der Waals surface area contributed by atoms with Gasteiger partial charge in [-0.3, -0.25) is 4.79 Å². The van der Waals surface area contributed by atoms with Gasteiger partial charge in [-0.1, -0.05) is 6.07 Å². The van der Waals surface area contributed by atoms with Gasteiger partial charge in [0.15, 0.2) is 0 Å². The maximum Gasteiger partial charge on any atom is 0.220 e. The zero-order valence-corrected chi connectivity index (χ0v) is 18.9. The summed E-state index contributed by atoms with van der Waals surface area (Å²) in [5.41, 5.74) is 6.54. The predicted octanol–water partition coefficient (Wildman–Crippen LogP) is 4.08. The van der Waals surface area contributed by atoms with Crippen LogP contribution < -0.4 is 5.32 Å². The summed E-state index contributed by atoms with van der Waals surface area (Å²) in [6.07, 6.45) is 1.34. The fourth-order valence-electron chi connectivity index (χ4n) is 3.17. The lowest BCUT2D eigenvalue weighted by Gasteiger charge is -2.08. The SMILES string of the molecule is Cc1csc(-c2[nH]c(CNC(=O)CCCN(C)C)nc2-c2ccc3ncsc3c2)n1. The maximum atomic E-state index is 12.2. The molecule has 0 unspecified atom stereocenters. The molecule has 0 radical (unpaired) electrons. The number of aryl methyl sites for hydroxylation is 1. The third kappa shape index (κ3) is 4.75. The van der Waals surface area contributed by atoms with Crippen molar-refractivity contribution in [3.05, 3.63) is 40.6 Å². The molecule has 1 amide bonds. The van der Waals surface area contributed by atoms with Crippen LogP contribution in [0.3, 0.4) is 0 Å². The molecule has 0 saturated carbocycles. The smallest absolute Gasteiger partial charge is 0.220 e. The molecule has 0 aliphatic carbocycles. The number of rotatable bonds is 8. The molecule has 2 N–H and O–H groups in total. The van der Waals surface area contributed by atoms with Crippen LogP contribution in [0.15, 0.2) is 29.1 Å². The summed E-state index contributed by atoms with van der Waals surface area (Å²) in [5, 5.41) is 5.89. The molecular weight excluding hydrogens is 416 g/mol. The zero-order valence-electron chi connectivity index (χ0n) is 17.2. The van der Waals surface area contributed by atoms with E-state index in [0.717, 1.165) is 56.7 Å². The Hall–Kier alpha value is -2.62. The Morgan fingerprint density at radius 3 is 2.87 bits per heavy atom. The summed E-state index contributed by atoms with van der Waals surface area (Å²) in [7, 11) is 4.02. The molecular formula is C21H24N6OS2. The Morgan fingerprint density at radius 2 is 2.10 bits per heavy atom. The summed E-state index contributed by atoms with van der Waals surface area (Å²) in [6.45, 7) is 3.24. The molecule has 3 aromatic heterocycles. The highest BCUT2D eigenvalue weighted by Gasteiger charge is 2.18. The Balaban J connectivity index is 1.57. The first-order chi connectivity index (χ1) is 14.5. The highest BCUT2D eigenvalue weighted by atomic mass is 32.1. The number of carbonyl (C=O) groups is 1. The minimum atomic E-state index is 0.0347. The molecule has 3 heterocycles. The van der Waals surface area contributed by atoms with Gasteiger partial charge in [0.2, 0.25) is 5.91 Å². The lowest BCUT2D eigenvalue weighted by molar-refractivity contribution is -0.121. The van der Waals surface area contributed by atoms with Crippen LogP contribution in [0.25, 0.3) is 32.2 Å². The Kier molecular flexibility index (Phi) is 6.21. The normalized spacial score (nSPS) is 11.5. The van der Waals surface area contributed by atoms with Gasteiger partial charge >= 0.3 is 0 Å². The molecule has 1 aromatic carbocycles. The van der Waals surface area contributed by atoms with Crippen molar-refractivity contribution < 1.29 is 4.79 Å². The van der Waals surface area contributed by atoms with Crippen molar-refractivity contribution in [2.75, 3.05) is 20.6 Å². The molecule has 4 aromatic rings. The van der Waals surface area contributed by atoms with E-state index in [9.17, 15) is 4.79 Å². The number of aromatic nitrogens is 4. The molecule has 4 rings (SSSR count). The third-order valence-electron chi connectivity index (χ3n) is 4.65. The topological polar surface area (TPSA) is 86.8 Å². The summed E-state index contributed by atoms with van der Waals surface area (Å²) < 4.78 is 1.12. The molecule has 0 spiro atoms. The molecule has 30 heavy (non-hydrogen) atoms. The Morgan fingerprint density at radius 1 is 1.23 bits per heavy atom. The van der Waals surface area contributed by atoms with Crippen molar-refractivity contribution in [2.24, 2.45) is 0 Å². The van der Waals surface area contributed by atoms with Crippen LogP contribution in [0, 0.1) is 6.92 Å². The van der Waals surface area contributed by atoms with Crippen LogP contribution in [0.5, 0.6) is 0 Å². The number of carbonyl (C=O) groups excluding carboxylic acids is 1. The second-order valence-corrected chi connectivity index (χ2v) is 9.16. The fourth-order valence-corrected chi connectivity index (χ4v) is 4.68. The molecule has 7 nitrogen and oxygen atoms in total. The number of fused-ring (bicyclic) bond motifs is 1. The van der Waals surface area contributed by atoms with Crippen molar-refractivity contribution >= 4 is 38.8 Å². The largest absolute Gasteiger partial charge is 0.349 e. The van der Waals surface area contributed by atoms with Crippen molar-refractivity contribution in [2.45, 2.75) is 26.3 Å². The zero-order chi connectivity index (χ0) is 21.1. The van der Waals surface area contributed by atoms with E-state index >= 15 is 0 Å². The first-order valence-electron chi connectivity index (χ1n) is 9.76. The second-order valence-electron chi connectivity index (χ2n) is 7.42. The van der Waals surface area contributed by atoms with Gasteiger partial charge in [-0.05, 0) is 46.1 Å². The third-order valence-corrected chi connectivity index (χ3v) is 6.42. The van der Waals surface area contributed by atoms with Crippen LogP contribution in [0.4, 0.5) is 0 Å². The first-order valence-corrected chi connectivity index (χ1v) is 11.5.